The molecule has 5 nitrogen and oxygen atoms in total. The van der Waals surface area contributed by atoms with Gasteiger partial charge in [-0.05, 0) is 39.1 Å². The lowest BCUT2D eigenvalue weighted by Crippen LogP contribution is -2.43. The number of hydrogen-bond acceptors (Lipinski definition) is 5. The first-order chi connectivity index (χ1) is 13.8. The van der Waals surface area contributed by atoms with Crippen molar-refractivity contribution in [3.63, 3.8) is 0 Å². The number of aliphatic hydroxyl groups is 1. The van der Waals surface area contributed by atoms with Crippen LogP contribution in [0.2, 0.25) is 0 Å². The van der Waals surface area contributed by atoms with Crippen LogP contribution in [0.5, 0.6) is 0 Å². The summed E-state index contributed by atoms with van der Waals surface area (Å²) in [6, 6.07) is 12.8. The summed E-state index contributed by atoms with van der Waals surface area (Å²) in [5.41, 5.74) is 0.710. The molecule has 1 amide bonds. The third-order valence-electron chi connectivity index (χ3n) is 5.33. The van der Waals surface area contributed by atoms with Gasteiger partial charge in [-0.15, -0.1) is 11.3 Å². The molecule has 0 spiro atoms. The Morgan fingerprint density at radius 2 is 1.72 bits per heavy atom. The number of carbonyl (C=O) groups is 2. The number of aliphatic hydroxyl groups excluding tert-OH is 1. The Labute approximate surface area is 176 Å². The quantitative estimate of drug-likeness (QED) is 0.419. The summed E-state index contributed by atoms with van der Waals surface area (Å²) >= 11 is 1.49. The lowest BCUT2D eigenvalue weighted by atomic mass is 10.00. The molecular formula is C23H28N2O3S. The van der Waals surface area contributed by atoms with Gasteiger partial charge in [0.05, 0.1) is 11.6 Å². The van der Waals surface area contributed by atoms with Crippen LogP contribution in [-0.4, -0.2) is 51.8 Å². The predicted octanol–water partition coefficient (Wildman–Crippen LogP) is 4.29. The molecule has 6 heteroatoms. The van der Waals surface area contributed by atoms with Crippen LogP contribution in [0.25, 0.3) is 5.76 Å². The third kappa shape index (κ3) is 4.28. The van der Waals surface area contributed by atoms with Gasteiger partial charge < -0.3 is 10.0 Å². The maximum Gasteiger partial charge on any atom is 0.295 e. The number of benzene rings is 1. The molecule has 0 radical (unpaired) electrons. The number of rotatable bonds is 7. The molecule has 29 heavy (non-hydrogen) atoms. The van der Waals surface area contributed by atoms with E-state index in [0.29, 0.717) is 30.7 Å². The second kappa shape index (κ2) is 8.93. The number of Topliss-reactive ketones (excluding diaryl/α,β-unsaturated/α-hetero) is 1. The lowest BCUT2D eigenvalue weighted by molar-refractivity contribution is -0.140. The summed E-state index contributed by atoms with van der Waals surface area (Å²) in [6.45, 7) is 9.59. The standard InChI is InChI=1S/C23H28N2O3S/c1-15(2)24(16(3)4)12-13-25-20(18-11-8-14-29-18)19(22(27)23(25)28)21(26)17-9-6-5-7-10-17/h5-11,14-16,20,26H,12-13H2,1-4H3/b21-19-. The first-order valence-electron chi connectivity index (χ1n) is 9.96. The minimum absolute atomic E-state index is 0.116. The van der Waals surface area contributed by atoms with Gasteiger partial charge in [0.2, 0.25) is 0 Å². The number of likely N-dealkylation sites (tertiary alicyclic amines) is 1. The average molecular weight is 413 g/mol. The van der Waals surface area contributed by atoms with Crippen molar-refractivity contribution in [3.8, 4) is 0 Å². The van der Waals surface area contributed by atoms with Crippen LogP contribution in [-0.2, 0) is 9.59 Å². The summed E-state index contributed by atoms with van der Waals surface area (Å²) in [5.74, 6) is -1.28. The fourth-order valence-electron chi connectivity index (χ4n) is 3.94. The number of carbonyl (C=O) groups excluding carboxylic acids is 2. The van der Waals surface area contributed by atoms with Crippen LogP contribution in [0, 0.1) is 0 Å². The minimum Gasteiger partial charge on any atom is -0.507 e. The Bertz CT molecular complexity index is 880. The zero-order valence-corrected chi connectivity index (χ0v) is 18.1. The molecule has 1 unspecified atom stereocenters. The smallest absolute Gasteiger partial charge is 0.295 e. The summed E-state index contributed by atoms with van der Waals surface area (Å²) in [7, 11) is 0. The van der Waals surface area contributed by atoms with Crippen molar-refractivity contribution in [2.24, 2.45) is 0 Å². The largest absolute Gasteiger partial charge is 0.507 e. The third-order valence-corrected chi connectivity index (χ3v) is 6.25. The van der Waals surface area contributed by atoms with Gasteiger partial charge in [-0.1, -0.05) is 36.4 Å². The molecule has 2 aromatic rings. The van der Waals surface area contributed by atoms with Crippen LogP contribution >= 0.6 is 11.3 Å². The number of amides is 1. The van der Waals surface area contributed by atoms with Crippen molar-refractivity contribution in [3.05, 3.63) is 63.9 Å². The summed E-state index contributed by atoms with van der Waals surface area (Å²) < 4.78 is 0. The molecule has 1 aromatic heterocycles. The van der Waals surface area contributed by atoms with Gasteiger partial charge in [0, 0.05) is 35.6 Å². The minimum atomic E-state index is -0.620. The normalized spacial score (nSPS) is 19.1. The topological polar surface area (TPSA) is 60.9 Å². The van der Waals surface area contributed by atoms with E-state index in [1.165, 1.54) is 11.3 Å². The van der Waals surface area contributed by atoms with Crippen LogP contribution in [0.15, 0.2) is 53.4 Å². The predicted molar refractivity (Wildman–Crippen MR) is 117 cm³/mol. The van der Waals surface area contributed by atoms with Crippen molar-refractivity contribution in [1.82, 2.24) is 9.80 Å². The summed E-state index contributed by atoms with van der Waals surface area (Å²) in [5, 5.41) is 12.8. The molecule has 1 aliphatic heterocycles. The van der Waals surface area contributed by atoms with Crippen LogP contribution in [0.3, 0.4) is 0 Å². The van der Waals surface area contributed by atoms with E-state index in [0.717, 1.165) is 4.88 Å². The van der Waals surface area contributed by atoms with Gasteiger partial charge in [0.15, 0.2) is 0 Å². The molecule has 1 fully saturated rings. The number of hydrogen-bond donors (Lipinski definition) is 1. The molecule has 0 bridgehead atoms. The van der Waals surface area contributed by atoms with Gasteiger partial charge in [0.25, 0.3) is 11.7 Å². The average Bonchev–Trinajstić information content (AvgIpc) is 3.30. The van der Waals surface area contributed by atoms with Gasteiger partial charge in [0.1, 0.15) is 5.76 Å². The Balaban J connectivity index is 2.01. The molecular weight excluding hydrogens is 384 g/mol. The molecule has 0 aliphatic carbocycles. The molecule has 1 atom stereocenters. The van der Waals surface area contributed by atoms with Crippen molar-refractivity contribution >= 4 is 28.8 Å². The van der Waals surface area contributed by atoms with Crippen LogP contribution < -0.4 is 0 Å². The highest BCUT2D eigenvalue weighted by Crippen LogP contribution is 2.40. The Hall–Kier alpha value is -2.44. The fraction of sp³-hybridized carbons (Fsp3) is 0.391. The van der Waals surface area contributed by atoms with Crippen molar-refractivity contribution in [2.75, 3.05) is 13.1 Å². The van der Waals surface area contributed by atoms with E-state index in [9.17, 15) is 14.7 Å². The number of nitrogens with zero attached hydrogens (tertiary/aromatic N) is 2. The highest BCUT2D eigenvalue weighted by Gasteiger charge is 2.46. The zero-order valence-electron chi connectivity index (χ0n) is 17.3. The van der Waals surface area contributed by atoms with Gasteiger partial charge in [-0.25, -0.2) is 0 Å². The zero-order chi connectivity index (χ0) is 21.1. The maximum absolute atomic E-state index is 12.9. The van der Waals surface area contributed by atoms with Gasteiger partial charge >= 0.3 is 0 Å². The van der Waals surface area contributed by atoms with E-state index < -0.39 is 17.7 Å². The highest BCUT2D eigenvalue weighted by atomic mass is 32.1. The van der Waals surface area contributed by atoms with Gasteiger partial charge in [-0.3, -0.25) is 14.5 Å². The Morgan fingerprint density at radius 1 is 1.07 bits per heavy atom. The van der Waals surface area contributed by atoms with Crippen LogP contribution in [0.4, 0.5) is 0 Å². The maximum atomic E-state index is 12.9. The summed E-state index contributed by atoms with van der Waals surface area (Å²) in [6.07, 6.45) is 0. The molecule has 154 valence electrons. The number of thiophene rings is 1. The van der Waals surface area contributed by atoms with Crippen molar-refractivity contribution in [2.45, 2.75) is 45.8 Å². The second-order valence-electron chi connectivity index (χ2n) is 7.80. The molecule has 1 aliphatic rings. The highest BCUT2D eigenvalue weighted by molar-refractivity contribution is 7.10. The first kappa shape index (κ1) is 21.3. The van der Waals surface area contributed by atoms with E-state index in [4.69, 9.17) is 0 Å². The van der Waals surface area contributed by atoms with E-state index >= 15 is 0 Å². The SMILES string of the molecule is CC(C)N(CCN1C(=O)C(=O)/C(=C(\O)c2ccccc2)C1c1cccs1)C(C)C. The molecule has 0 saturated carbocycles. The molecule has 1 N–H and O–H groups in total. The molecule has 1 aromatic carbocycles. The first-order valence-corrected chi connectivity index (χ1v) is 10.8. The molecule has 3 rings (SSSR count). The van der Waals surface area contributed by atoms with E-state index in [-0.39, 0.29) is 11.3 Å². The monoisotopic (exact) mass is 412 g/mol. The van der Waals surface area contributed by atoms with Crippen LogP contribution in [0.1, 0.15) is 44.2 Å². The van der Waals surface area contributed by atoms with Gasteiger partial charge in [-0.2, -0.15) is 0 Å². The Kier molecular flexibility index (Phi) is 6.55. The fourth-order valence-corrected chi connectivity index (χ4v) is 4.79. The lowest BCUT2D eigenvalue weighted by Gasteiger charge is -2.33. The van der Waals surface area contributed by atoms with E-state index in [2.05, 4.69) is 32.6 Å². The summed E-state index contributed by atoms with van der Waals surface area (Å²) in [4.78, 5) is 30.6. The van der Waals surface area contributed by atoms with Crippen molar-refractivity contribution in [1.29, 1.82) is 0 Å². The molecule has 2 heterocycles. The Morgan fingerprint density at radius 3 is 2.28 bits per heavy atom. The second-order valence-corrected chi connectivity index (χ2v) is 8.78. The van der Waals surface area contributed by atoms with E-state index in [1.807, 2.05) is 23.6 Å². The number of ketones is 1. The van der Waals surface area contributed by atoms with Crippen molar-refractivity contribution < 1.29 is 14.7 Å². The van der Waals surface area contributed by atoms with E-state index in [1.54, 1.807) is 29.2 Å². The molecule has 1 saturated heterocycles.